The van der Waals surface area contributed by atoms with Crippen LogP contribution in [-0.2, 0) is 0 Å². The van der Waals surface area contributed by atoms with Crippen molar-refractivity contribution >= 4 is 0 Å². The average molecular weight is 195 g/mol. The fraction of sp³-hybridized carbons (Fsp3) is 0.800. The molecule has 0 bridgehead atoms. The van der Waals surface area contributed by atoms with Gasteiger partial charge in [0.15, 0.2) is 0 Å². The molecular formula is C10H17N3O. The average Bonchev–Trinajstić information content (AvgIpc) is 2.50. The van der Waals surface area contributed by atoms with Gasteiger partial charge in [-0.2, -0.15) is 0 Å². The Bertz CT molecular complexity index is 300. The van der Waals surface area contributed by atoms with Crippen LogP contribution in [0.25, 0.3) is 0 Å². The highest BCUT2D eigenvalue weighted by atomic mass is 16.4. The van der Waals surface area contributed by atoms with E-state index in [1.807, 2.05) is 6.92 Å². The molecule has 1 aromatic rings. The molecule has 78 valence electrons. The summed E-state index contributed by atoms with van der Waals surface area (Å²) in [5, 5.41) is 11.5. The van der Waals surface area contributed by atoms with Gasteiger partial charge in [-0.05, 0) is 26.7 Å². The van der Waals surface area contributed by atoms with Gasteiger partial charge in [0.05, 0.1) is 0 Å². The quantitative estimate of drug-likeness (QED) is 0.739. The summed E-state index contributed by atoms with van der Waals surface area (Å²) in [5.74, 6) is 1.91. The van der Waals surface area contributed by atoms with Crippen LogP contribution in [0.3, 0.4) is 0 Å². The Hall–Kier alpha value is -0.900. The van der Waals surface area contributed by atoms with Crippen LogP contribution < -0.4 is 5.32 Å². The summed E-state index contributed by atoms with van der Waals surface area (Å²) in [4.78, 5) is 0. The predicted octanol–water partition coefficient (Wildman–Crippen LogP) is 1.62. The first-order valence-electron chi connectivity index (χ1n) is 5.21. The second-order valence-corrected chi connectivity index (χ2v) is 4.30. The highest BCUT2D eigenvalue weighted by molar-refractivity contribution is 4.97. The molecule has 1 fully saturated rings. The van der Waals surface area contributed by atoms with Crippen molar-refractivity contribution < 1.29 is 4.42 Å². The molecule has 0 saturated carbocycles. The van der Waals surface area contributed by atoms with Crippen molar-refractivity contribution in [2.45, 2.75) is 51.6 Å². The topological polar surface area (TPSA) is 51.0 Å². The van der Waals surface area contributed by atoms with E-state index < -0.39 is 0 Å². The monoisotopic (exact) mass is 195 g/mol. The van der Waals surface area contributed by atoms with Gasteiger partial charge < -0.3 is 9.73 Å². The zero-order valence-corrected chi connectivity index (χ0v) is 8.95. The van der Waals surface area contributed by atoms with Crippen LogP contribution in [0.15, 0.2) is 4.42 Å². The molecule has 1 saturated heterocycles. The molecule has 4 nitrogen and oxygen atoms in total. The van der Waals surface area contributed by atoms with E-state index in [-0.39, 0.29) is 0 Å². The summed E-state index contributed by atoms with van der Waals surface area (Å²) in [6.07, 6.45) is 2.18. The molecule has 14 heavy (non-hydrogen) atoms. The summed E-state index contributed by atoms with van der Waals surface area (Å²) < 4.78 is 5.47. The number of rotatable bonds is 1. The minimum atomic E-state index is 0.433. The molecule has 3 atom stereocenters. The van der Waals surface area contributed by atoms with Crippen LogP contribution in [-0.4, -0.2) is 22.3 Å². The molecule has 2 rings (SSSR count). The van der Waals surface area contributed by atoms with Crippen molar-refractivity contribution in [2.75, 3.05) is 0 Å². The van der Waals surface area contributed by atoms with E-state index in [2.05, 4.69) is 29.4 Å². The van der Waals surface area contributed by atoms with Crippen LogP contribution >= 0.6 is 0 Å². The van der Waals surface area contributed by atoms with Crippen molar-refractivity contribution in [3.8, 4) is 0 Å². The molecule has 1 aliphatic heterocycles. The van der Waals surface area contributed by atoms with E-state index in [9.17, 15) is 0 Å². The van der Waals surface area contributed by atoms with Crippen LogP contribution in [0.5, 0.6) is 0 Å². The number of aromatic nitrogens is 2. The SMILES string of the molecule is Cc1nnc(C2C[C@@H](C)N[C@@H](C)C2)o1. The Morgan fingerprint density at radius 3 is 2.36 bits per heavy atom. The van der Waals surface area contributed by atoms with E-state index in [1.165, 1.54) is 0 Å². The third-order valence-electron chi connectivity index (χ3n) is 2.74. The molecule has 1 aliphatic rings. The van der Waals surface area contributed by atoms with Crippen LogP contribution in [0.2, 0.25) is 0 Å². The highest BCUT2D eigenvalue weighted by Crippen LogP contribution is 2.28. The summed E-state index contributed by atoms with van der Waals surface area (Å²) in [7, 11) is 0. The lowest BCUT2D eigenvalue weighted by Crippen LogP contribution is -2.41. The fourth-order valence-electron chi connectivity index (χ4n) is 2.25. The Morgan fingerprint density at radius 2 is 1.86 bits per heavy atom. The normalized spacial score (nSPS) is 33.2. The third-order valence-corrected chi connectivity index (χ3v) is 2.74. The standard InChI is InChI=1S/C10H17N3O/c1-6-4-9(5-7(2)11-6)10-13-12-8(3)14-10/h6-7,9,11H,4-5H2,1-3H3/t6-,7+,9?. The molecule has 1 N–H and O–H groups in total. The smallest absolute Gasteiger partial charge is 0.219 e. The summed E-state index contributed by atoms with van der Waals surface area (Å²) in [6.45, 7) is 6.24. The van der Waals surface area contributed by atoms with Gasteiger partial charge in [-0.3, -0.25) is 0 Å². The zero-order valence-electron chi connectivity index (χ0n) is 8.95. The first kappa shape index (κ1) is 9.65. The van der Waals surface area contributed by atoms with Crippen molar-refractivity contribution in [1.29, 1.82) is 0 Å². The Kier molecular flexibility index (Phi) is 2.54. The maximum atomic E-state index is 5.47. The largest absolute Gasteiger partial charge is 0.425 e. The van der Waals surface area contributed by atoms with E-state index >= 15 is 0 Å². The van der Waals surface area contributed by atoms with Crippen molar-refractivity contribution in [3.05, 3.63) is 11.8 Å². The number of hydrogen-bond acceptors (Lipinski definition) is 4. The second kappa shape index (κ2) is 3.69. The number of nitrogens with zero attached hydrogens (tertiary/aromatic N) is 2. The van der Waals surface area contributed by atoms with Crippen LogP contribution in [0.4, 0.5) is 0 Å². The Labute approximate surface area is 84.1 Å². The van der Waals surface area contributed by atoms with Gasteiger partial charge in [-0.25, -0.2) is 0 Å². The summed E-state index contributed by atoms with van der Waals surface area (Å²) in [5.41, 5.74) is 0. The molecule has 4 heteroatoms. The van der Waals surface area contributed by atoms with Gasteiger partial charge in [0.1, 0.15) is 0 Å². The van der Waals surface area contributed by atoms with Crippen molar-refractivity contribution in [2.24, 2.45) is 0 Å². The minimum absolute atomic E-state index is 0.433. The summed E-state index contributed by atoms with van der Waals surface area (Å²) >= 11 is 0. The van der Waals surface area contributed by atoms with E-state index in [4.69, 9.17) is 4.42 Å². The molecular weight excluding hydrogens is 178 g/mol. The second-order valence-electron chi connectivity index (χ2n) is 4.30. The molecule has 0 aliphatic carbocycles. The number of hydrogen-bond donors (Lipinski definition) is 1. The molecule has 2 heterocycles. The maximum absolute atomic E-state index is 5.47. The van der Waals surface area contributed by atoms with Crippen molar-refractivity contribution in [1.82, 2.24) is 15.5 Å². The lowest BCUT2D eigenvalue weighted by Gasteiger charge is -2.30. The first-order chi connectivity index (χ1) is 6.65. The Balaban J connectivity index is 2.10. The van der Waals surface area contributed by atoms with Crippen LogP contribution in [0.1, 0.15) is 44.4 Å². The van der Waals surface area contributed by atoms with Gasteiger partial charge in [0.2, 0.25) is 11.8 Å². The van der Waals surface area contributed by atoms with Gasteiger partial charge in [0.25, 0.3) is 0 Å². The lowest BCUT2D eigenvalue weighted by atomic mass is 9.89. The van der Waals surface area contributed by atoms with Gasteiger partial charge in [0, 0.05) is 24.9 Å². The summed E-state index contributed by atoms with van der Waals surface area (Å²) in [6, 6.07) is 1.08. The fourth-order valence-corrected chi connectivity index (χ4v) is 2.25. The first-order valence-corrected chi connectivity index (χ1v) is 5.21. The number of aryl methyl sites for hydroxylation is 1. The molecule has 0 spiro atoms. The molecule has 0 aromatic carbocycles. The lowest BCUT2D eigenvalue weighted by molar-refractivity contribution is 0.280. The molecule has 1 unspecified atom stereocenters. The van der Waals surface area contributed by atoms with Gasteiger partial charge in [-0.1, -0.05) is 0 Å². The molecule has 0 amide bonds. The molecule has 1 aromatic heterocycles. The minimum Gasteiger partial charge on any atom is -0.425 e. The predicted molar refractivity (Wildman–Crippen MR) is 53.1 cm³/mol. The highest BCUT2D eigenvalue weighted by Gasteiger charge is 2.27. The van der Waals surface area contributed by atoms with Gasteiger partial charge >= 0.3 is 0 Å². The van der Waals surface area contributed by atoms with Crippen molar-refractivity contribution in [3.63, 3.8) is 0 Å². The van der Waals surface area contributed by atoms with Crippen LogP contribution in [0, 0.1) is 6.92 Å². The van der Waals surface area contributed by atoms with Gasteiger partial charge in [-0.15, -0.1) is 10.2 Å². The van der Waals surface area contributed by atoms with E-state index in [0.29, 0.717) is 23.9 Å². The Morgan fingerprint density at radius 1 is 1.21 bits per heavy atom. The number of piperidine rings is 1. The number of nitrogens with one attached hydrogen (secondary N) is 1. The maximum Gasteiger partial charge on any atom is 0.219 e. The third kappa shape index (κ3) is 1.95. The van der Waals surface area contributed by atoms with E-state index in [0.717, 1.165) is 18.7 Å². The molecule has 0 radical (unpaired) electrons. The van der Waals surface area contributed by atoms with E-state index in [1.54, 1.807) is 0 Å². The zero-order chi connectivity index (χ0) is 10.1.